The average molecular weight is 447 g/mol. The van der Waals surface area contributed by atoms with Crippen LogP contribution >= 0.6 is 0 Å². The van der Waals surface area contributed by atoms with Crippen LogP contribution < -0.4 is 5.73 Å². The fraction of sp³-hybridized carbons (Fsp3) is 0.292. The van der Waals surface area contributed by atoms with E-state index in [0.29, 0.717) is 30.8 Å². The standard InChI is InChI=1S/C24H25N5O4/c1-33-9-8-27-14-26-18-11-17(3-5-20(18)27)24(32)28-12-21(22(30)13-28)29-7-6-15-10-16(23(25)31)2-4-19(15)29/h2-7,10-11,14,21-22,30H,8-9,12-13H2,1H3,(H2,25,31)/t21-,22-/m1/s1. The maximum atomic E-state index is 13.2. The van der Waals surface area contributed by atoms with E-state index >= 15 is 0 Å². The molecule has 2 amide bonds. The van der Waals surface area contributed by atoms with Gasteiger partial charge in [0.2, 0.25) is 5.91 Å². The number of nitrogens with two attached hydrogens (primary N) is 1. The molecule has 1 aliphatic rings. The lowest BCUT2D eigenvalue weighted by atomic mass is 10.1. The Morgan fingerprint density at radius 1 is 1.12 bits per heavy atom. The number of imidazole rings is 1. The molecule has 4 aromatic rings. The molecule has 5 rings (SSSR count). The van der Waals surface area contributed by atoms with E-state index in [4.69, 9.17) is 10.5 Å². The van der Waals surface area contributed by atoms with Crippen LogP contribution in [0.5, 0.6) is 0 Å². The zero-order valence-electron chi connectivity index (χ0n) is 18.2. The number of aromatic nitrogens is 3. The highest BCUT2D eigenvalue weighted by molar-refractivity contribution is 5.98. The predicted octanol–water partition coefficient (Wildman–Crippen LogP) is 1.79. The average Bonchev–Trinajstić information content (AvgIpc) is 3.52. The molecule has 0 unspecified atom stereocenters. The predicted molar refractivity (Wildman–Crippen MR) is 123 cm³/mol. The van der Waals surface area contributed by atoms with E-state index in [1.807, 2.05) is 33.5 Å². The normalized spacial score (nSPS) is 18.4. The van der Waals surface area contributed by atoms with Gasteiger partial charge in [0.15, 0.2) is 0 Å². The largest absolute Gasteiger partial charge is 0.389 e. The van der Waals surface area contributed by atoms with Crippen LogP contribution in [0.15, 0.2) is 55.0 Å². The first-order chi connectivity index (χ1) is 16.0. The summed E-state index contributed by atoms with van der Waals surface area (Å²) in [6, 6.07) is 12.3. The molecule has 0 radical (unpaired) electrons. The molecule has 33 heavy (non-hydrogen) atoms. The molecular formula is C24H25N5O4. The van der Waals surface area contributed by atoms with Crippen molar-refractivity contribution in [3.8, 4) is 0 Å². The maximum Gasteiger partial charge on any atom is 0.254 e. The topological polar surface area (TPSA) is 116 Å². The van der Waals surface area contributed by atoms with Gasteiger partial charge in [0.1, 0.15) is 0 Å². The number of aliphatic hydroxyl groups is 1. The number of rotatable bonds is 6. The van der Waals surface area contributed by atoms with Crippen molar-refractivity contribution < 1.29 is 19.4 Å². The number of nitrogens with zero attached hydrogens (tertiary/aromatic N) is 4. The fourth-order valence-corrected chi connectivity index (χ4v) is 4.56. The number of benzene rings is 2. The minimum absolute atomic E-state index is 0.141. The molecule has 2 atom stereocenters. The van der Waals surface area contributed by atoms with Crippen molar-refractivity contribution >= 4 is 33.8 Å². The third-order valence-corrected chi connectivity index (χ3v) is 6.31. The molecule has 0 spiro atoms. The van der Waals surface area contributed by atoms with E-state index in [0.717, 1.165) is 21.9 Å². The highest BCUT2D eigenvalue weighted by atomic mass is 16.5. The molecule has 9 heteroatoms. The Labute approximate surface area is 190 Å². The first-order valence-corrected chi connectivity index (χ1v) is 10.8. The van der Waals surface area contributed by atoms with Gasteiger partial charge in [-0.15, -0.1) is 0 Å². The Kier molecular flexibility index (Phi) is 5.35. The quantitative estimate of drug-likeness (QED) is 0.468. The first kappa shape index (κ1) is 21.2. The minimum Gasteiger partial charge on any atom is -0.389 e. The number of fused-ring (bicyclic) bond motifs is 2. The van der Waals surface area contributed by atoms with Crippen LogP contribution in [0, 0.1) is 0 Å². The first-order valence-electron chi connectivity index (χ1n) is 10.8. The molecular weight excluding hydrogens is 422 g/mol. The number of hydrogen-bond acceptors (Lipinski definition) is 5. The number of carbonyl (C=O) groups excluding carboxylic acids is 2. The van der Waals surface area contributed by atoms with E-state index in [9.17, 15) is 14.7 Å². The van der Waals surface area contributed by atoms with Gasteiger partial charge in [0.05, 0.1) is 36.1 Å². The lowest BCUT2D eigenvalue weighted by Gasteiger charge is -2.18. The summed E-state index contributed by atoms with van der Waals surface area (Å²) < 4.78 is 9.08. The number of ether oxygens (including phenoxy) is 1. The molecule has 1 saturated heterocycles. The summed E-state index contributed by atoms with van der Waals surface area (Å²) in [7, 11) is 1.66. The Morgan fingerprint density at radius 3 is 2.70 bits per heavy atom. The molecule has 0 saturated carbocycles. The number of hydrogen-bond donors (Lipinski definition) is 2. The highest BCUT2D eigenvalue weighted by Crippen LogP contribution is 2.29. The van der Waals surface area contributed by atoms with Crippen molar-refractivity contribution in [1.29, 1.82) is 0 Å². The third kappa shape index (κ3) is 3.75. The van der Waals surface area contributed by atoms with Crippen LogP contribution in [0.3, 0.4) is 0 Å². The van der Waals surface area contributed by atoms with Crippen LogP contribution in [-0.4, -0.2) is 68.8 Å². The van der Waals surface area contributed by atoms with E-state index in [2.05, 4.69) is 4.98 Å². The third-order valence-electron chi connectivity index (χ3n) is 6.31. The fourth-order valence-electron chi connectivity index (χ4n) is 4.56. The number of methoxy groups -OCH3 is 1. The molecule has 0 aliphatic carbocycles. The second-order valence-electron chi connectivity index (χ2n) is 8.34. The number of primary amides is 1. The van der Waals surface area contributed by atoms with Gasteiger partial charge in [-0.3, -0.25) is 9.59 Å². The van der Waals surface area contributed by atoms with Gasteiger partial charge in [-0.25, -0.2) is 4.98 Å². The van der Waals surface area contributed by atoms with Crippen molar-refractivity contribution in [2.45, 2.75) is 18.7 Å². The van der Waals surface area contributed by atoms with Crippen molar-refractivity contribution in [2.75, 3.05) is 26.8 Å². The number of aliphatic hydroxyl groups excluding tert-OH is 1. The molecule has 2 aromatic heterocycles. The van der Waals surface area contributed by atoms with Gasteiger partial charge in [0.25, 0.3) is 5.91 Å². The minimum atomic E-state index is -0.711. The van der Waals surface area contributed by atoms with E-state index in [1.54, 1.807) is 42.6 Å². The smallest absolute Gasteiger partial charge is 0.254 e. The summed E-state index contributed by atoms with van der Waals surface area (Å²) in [6.07, 6.45) is 2.90. The highest BCUT2D eigenvalue weighted by Gasteiger charge is 2.36. The van der Waals surface area contributed by atoms with Crippen LogP contribution in [-0.2, 0) is 11.3 Å². The van der Waals surface area contributed by atoms with Crippen LogP contribution in [0.1, 0.15) is 26.8 Å². The lowest BCUT2D eigenvalue weighted by Crippen LogP contribution is -2.29. The van der Waals surface area contributed by atoms with Gasteiger partial charge in [-0.05, 0) is 42.5 Å². The van der Waals surface area contributed by atoms with E-state index in [1.165, 1.54) is 0 Å². The van der Waals surface area contributed by atoms with Gasteiger partial charge in [-0.2, -0.15) is 0 Å². The summed E-state index contributed by atoms with van der Waals surface area (Å²) >= 11 is 0. The monoisotopic (exact) mass is 447 g/mol. The zero-order chi connectivity index (χ0) is 23.1. The van der Waals surface area contributed by atoms with Crippen LogP contribution in [0.2, 0.25) is 0 Å². The summed E-state index contributed by atoms with van der Waals surface area (Å²) in [4.78, 5) is 30.8. The Hall–Kier alpha value is -3.69. The molecule has 0 bridgehead atoms. The molecule has 3 N–H and O–H groups in total. The Morgan fingerprint density at radius 2 is 1.91 bits per heavy atom. The van der Waals surface area contributed by atoms with Gasteiger partial charge < -0.3 is 29.6 Å². The number of likely N-dealkylation sites (tertiary alicyclic amines) is 1. The number of amides is 2. The molecule has 2 aromatic carbocycles. The lowest BCUT2D eigenvalue weighted by molar-refractivity contribution is 0.0764. The molecule has 9 nitrogen and oxygen atoms in total. The molecule has 1 aliphatic heterocycles. The Balaban J connectivity index is 1.37. The van der Waals surface area contributed by atoms with Gasteiger partial charge in [-0.1, -0.05) is 0 Å². The van der Waals surface area contributed by atoms with Gasteiger partial charge >= 0.3 is 0 Å². The van der Waals surface area contributed by atoms with E-state index < -0.39 is 12.0 Å². The molecule has 3 heterocycles. The van der Waals surface area contributed by atoms with Crippen LogP contribution in [0.4, 0.5) is 0 Å². The summed E-state index contributed by atoms with van der Waals surface area (Å²) in [5.74, 6) is -0.625. The number of β-amino-alcohol motifs (C(OH)–C–C–N with tert-alkyl or cyclic N) is 1. The van der Waals surface area contributed by atoms with Crippen molar-refractivity contribution in [3.05, 3.63) is 66.1 Å². The second kappa shape index (κ2) is 8.34. The SMILES string of the molecule is COCCn1cnc2cc(C(=O)N3C[C@@H](O)[C@H](n4ccc5cc(C(N)=O)ccc54)C3)ccc21. The molecule has 170 valence electrons. The van der Waals surface area contributed by atoms with Crippen molar-refractivity contribution in [1.82, 2.24) is 19.0 Å². The second-order valence-corrected chi connectivity index (χ2v) is 8.34. The molecule has 1 fully saturated rings. The number of carbonyl (C=O) groups is 2. The Bertz CT molecular complexity index is 1360. The maximum absolute atomic E-state index is 13.2. The van der Waals surface area contributed by atoms with Crippen molar-refractivity contribution in [2.24, 2.45) is 5.73 Å². The van der Waals surface area contributed by atoms with Crippen LogP contribution in [0.25, 0.3) is 21.9 Å². The summed E-state index contributed by atoms with van der Waals surface area (Å²) in [6.45, 7) is 1.88. The summed E-state index contributed by atoms with van der Waals surface area (Å²) in [5.41, 5.74) is 8.91. The summed E-state index contributed by atoms with van der Waals surface area (Å²) in [5, 5.41) is 11.6. The van der Waals surface area contributed by atoms with Crippen molar-refractivity contribution in [3.63, 3.8) is 0 Å². The van der Waals surface area contributed by atoms with E-state index in [-0.39, 0.29) is 18.5 Å². The zero-order valence-corrected chi connectivity index (χ0v) is 18.2. The van der Waals surface area contributed by atoms with Gasteiger partial charge in [0, 0.05) is 55.0 Å².